The summed E-state index contributed by atoms with van der Waals surface area (Å²) < 4.78 is 12.2. The lowest BCUT2D eigenvalue weighted by Gasteiger charge is -2.15. The van der Waals surface area contributed by atoms with Gasteiger partial charge in [0.2, 0.25) is 0 Å². The van der Waals surface area contributed by atoms with E-state index in [0.29, 0.717) is 28.3 Å². The zero-order valence-corrected chi connectivity index (χ0v) is 20.1. The highest BCUT2D eigenvalue weighted by molar-refractivity contribution is 7.18. The molecule has 0 saturated carbocycles. The Balaban J connectivity index is 1.35. The number of nitrogens with zero attached hydrogens (tertiary/aromatic N) is 2. The third kappa shape index (κ3) is 5.26. The second-order valence-corrected chi connectivity index (χ2v) is 8.99. The minimum Gasteiger partial charge on any atom is -0.494 e. The minimum absolute atomic E-state index is 0.296. The van der Waals surface area contributed by atoms with Gasteiger partial charge in [-0.15, -0.1) is 22.7 Å². The summed E-state index contributed by atoms with van der Waals surface area (Å²) in [5.74, 6) is 0.0755. The highest BCUT2D eigenvalue weighted by Gasteiger charge is 2.18. The minimum atomic E-state index is -0.863. The van der Waals surface area contributed by atoms with Gasteiger partial charge in [-0.05, 0) is 49.6 Å². The Hall–Kier alpha value is -3.70. The molecular weight excluding hydrogens is 476 g/mol. The number of thiophene rings is 2. The van der Waals surface area contributed by atoms with Gasteiger partial charge in [0.05, 0.1) is 18.3 Å². The van der Waals surface area contributed by atoms with E-state index in [9.17, 15) is 14.4 Å². The van der Waals surface area contributed by atoms with E-state index in [1.54, 1.807) is 31.2 Å². The maximum absolute atomic E-state index is 13.0. The number of aromatic nitrogens is 2. The molecule has 0 radical (unpaired) electrons. The third-order valence-corrected chi connectivity index (χ3v) is 6.59. The van der Waals surface area contributed by atoms with E-state index in [0.717, 1.165) is 10.4 Å². The molecule has 0 bridgehead atoms. The van der Waals surface area contributed by atoms with Crippen LogP contribution in [0.3, 0.4) is 0 Å². The van der Waals surface area contributed by atoms with Crippen LogP contribution in [0.5, 0.6) is 11.5 Å². The van der Waals surface area contributed by atoms with Crippen LogP contribution in [-0.2, 0) is 16.1 Å². The normalized spacial score (nSPS) is 11.7. The van der Waals surface area contributed by atoms with E-state index < -0.39 is 17.9 Å². The number of amides is 2. The molecule has 2 N–H and O–H groups in total. The number of carbonyl (C=O) groups is 2. The molecule has 176 valence electrons. The Kier molecular flexibility index (Phi) is 7.24. The predicted molar refractivity (Wildman–Crippen MR) is 131 cm³/mol. The monoisotopic (exact) mass is 498 g/mol. The van der Waals surface area contributed by atoms with Gasteiger partial charge in [-0.3, -0.25) is 29.8 Å². The van der Waals surface area contributed by atoms with Crippen molar-refractivity contribution in [2.24, 2.45) is 0 Å². The second-order valence-electron chi connectivity index (χ2n) is 7.19. The summed E-state index contributed by atoms with van der Waals surface area (Å²) in [5, 5.41) is 4.30. The first-order valence-corrected chi connectivity index (χ1v) is 12.2. The molecule has 0 spiro atoms. The van der Waals surface area contributed by atoms with E-state index in [1.807, 2.05) is 29.8 Å². The van der Waals surface area contributed by atoms with E-state index in [1.165, 1.54) is 33.6 Å². The van der Waals surface area contributed by atoms with E-state index in [-0.39, 0.29) is 12.1 Å². The first-order valence-electron chi connectivity index (χ1n) is 10.4. The number of hydrazine groups is 1. The number of ether oxygens (including phenoxy) is 2. The molecule has 0 aliphatic carbocycles. The summed E-state index contributed by atoms with van der Waals surface area (Å²) in [5.41, 5.74) is 5.12. The standard InChI is InChI=1S/C23H22N4O5S2/c1-3-31-15-6-8-16(9-7-15)32-14(2)21(29)26-25-19(28)11-27-13-24-22-20(23(27)30)17(12-34-22)18-5-4-10-33-18/h4-10,12-14H,3,11H2,1-2H3,(H,25,28)(H,26,29). The van der Waals surface area contributed by atoms with Crippen LogP contribution in [0.25, 0.3) is 20.7 Å². The van der Waals surface area contributed by atoms with Gasteiger partial charge >= 0.3 is 0 Å². The third-order valence-electron chi connectivity index (χ3n) is 4.80. The molecule has 3 aromatic heterocycles. The van der Waals surface area contributed by atoms with E-state index in [2.05, 4.69) is 15.8 Å². The SMILES string of the molecule is CCOc1ccc(OC(C)C(=O)NNC(=O)Cn2cnc3scc(-c4cccs4)c3c2=O)cc1. The molecule has 4 aromatic rings. The van der Waals surface area contributed by atoms with Crippen LogP contribution in [-0.4, -0.2) is 34.1 Å². The summed E-state index contributed by atoms with van der Waals surface area (Å²) in [6.07, 6.45) is 0.469. The van der Waals surface area contributed by atoms with E-state index in [4.69, 9.17) is 9.47 Å². The fourth-order valence-corrected chi connectivity index (χ4v) is 4.88. The van der Waals surface area contributed by atoms with Crippen molar-refractivity contribution in [3.63, 3.8) is 0 Å². The van der Waals surface area contributed by atoms with Gasteiger partial charge in [0.15, 0.2) is 6.10 Å². The van der Waals surface area contributed by atoms with Gasteiger partial charge in [-0.2, -0.15) is 0 Å². The lowest BCUT2D eigenvalue weighted by molar-refractivity contribution is -0.133. The molecule has 9 nitrogen and oxygen atoms in total. The van der Waals surface area contributed by atoms with Gasteiger partial charge in [0.1, 0.15) is 22.9 Å². The Morgan fingerprint density at radius 1 is 1.12 bits per heavy atom. The van der Waals surface area contributed by atoms with Crippen molar-refractivity contribution >= 4 is 44.7 Å². The van der Waals surface area contributed by atoms with Crippen LogP contribution in [0.15, 0.2) is 58.3 Å². The number of fused-ring (bicyclic) bond motifs is 1. The predicted octanol–water partition coefficient (Wildman–Crippen LogP) is 3.20. The van der Waals surface area contributed by atoms with Crippen LogP contribution >= 0.6 is 22.7 Å². The fraction of sp³-hybridized carbons (Fsp3) is 0.217. The zero-order valence-electron chi connectivity index (χ0n) is 18.4. The number of hydrogen-bond acceptors (Lipinski definition) is 8. The number of benzene rings is 1. The van der Waals surface area contributed by atoms with Gasteiger partial charge in [-0.1, -0.05) is 6.07 Å². The molecule has 34 heavy (non-hydrogen) atoms. The van der Waals surface area contributed by atoms with E-state index >= 15 is 0 Å². The Labute approximate surface area is 202 Å². The van der Waals surface area contributed by atoms with Crippen molar-refractivity contribution in [1.82, 2.24) is 20.4 Å². The average molecular weight is 499 g/mol. The highest BCUT2D eigenvalue weighted by atomic mass is 32.1. The first kappa shape index (κ1) is 23.5. The molecule has 0 aliphatic heterocycles. The Morgan fingerprint density at radius 3 is 2.59 bits per heavy atom. The fourth-order valence-electron chi connectivity index (χ4n) is 3.16. The van der Waals surface area contributed by atoms with Crippen LogP contribution < -0.4 is 25.9 Å². The molecule has 0 saturated heterocycles. The van der Waals surface area contributed by atoms with Crippen molar-refractivity contribution in [2.75, 3.05) is 6.61 Å². The van der Waals surface area contributed by atoms with Gasteiger partial charge in [0, 0.05) is 15.8 Å². The summed E-state index contributed by atoms with van der Waals surface area (Å²) in [6, 6.07) is 10.7. The number of hydrogen-bond donors (Lipinski definition) is 2. The average Bonchev–Trinajstić information content (AvgIpc) is 3.51. The molecule has 11 heteroatoms. The van der Waals surface area contributed by atoms with Gasteiger partial charge in [0.25, 0.3) is 17.4 Å². The number of carbonyl (C=O) groups excluding carboxylic acids is 2. The zero-order chi connectivity index (χ0) is 24.1. The molecule has 0 fully saturated rings. The first-order chi connectivity index (χ1) is 16.5. The molecule has 1 atom stereocenters. The van der Waals surface area contributed by atoms with Crippen molar-refractivity contribution in [1.29, 1.82) is 0 Å². The smallest absolute Gasteiger partial charge is 0.279 e. The second kappa shape index (κ2) is 10.5. The van der Waals surface area contributed by atoms with Crippen molar-refractivity contribution < 1.29 is 19.1 Å². The summed E-state index contributed by atoms with van der Waals surface area (Å²) >= 11 is 2.91. The molecular formula is C23H22N4O5S2. The van der Waals surface area contributed by atoms with Crippen LogP contribution in [0.1, 0.15) is 13.8 Å². The number of rotatable bonds is 8. The summed E-state index contributed by atoms with van der Waals surface area (Å²) in [4.78, 5) is 43.5. The van der Waals surface area contributed by atoms with Gasteiger partial charge in [-0.25, -0.2) is 4.98 Å². The lowest BCUT2D eigenvalue weighted by atomic mass is 10.2. The van der Waals surface area contributed by atoms with Crippen LogP contribution in [0, 0.1) is 0 Å². The molecule has 1 aromatic carbocycles. The Bertz CT molecular complexity index is 1350. The van der Waals surface area contributed by atoms with Crippen LogP contribution in [0.2, 0.25) is 0 Å². The lowest BCUT2D eigenvalue weighted by Crippen LogP contribution is -2.48. The topological polar surface area (TPSA) is 112 Å². The molecule has 2 amide bonds. The van der Waals surface area contributed by atoms with Crippen LogP contribution in [0.4, 0.5) is 0 Å². The van der Waals surface area contributed by atoms with Crippen molar-refractivity contribution in [3.8, 4) is 21.9 Å². The van der Waals surface area contributed by atoms with Crippen molar-refractivity contribution in [2.45, 2.75) is 26.5 Å². The summed E-state index contributed by atoms with van der Waals surface area (Å²) in [7, 11) is 0. The molecule has 3 heterocycles. The quantitative estimate of drug-likeness (QED) is 0.361. The molecule has 0 aliphatic rings. The molecule has 1 unspecified atom stereocenters. The molecule has 4 rings (SSSR count). The maximum atomic E-state index is 13.0. The summed E-state index contributed by atoms with van der Waals surface area (Å²) in [6.45, 7) is 3.71. The van der Waals surface area contributed by atoms with Crippen molar-refractivity contribution in [3.05, 3.63) is 63.8 Å². The number of nitrogens with one attached hydrogen (secondary N) is 2. The maximum Gasteiger partial charge on any atom is 0.279 e. The highest BCUT2D eigenvalue weighted by Crippen LogP contribution is 2.33. The largest absolute Gasteiger partial charge is 0.494 e. The Morgan fingerprint density at radius 2 is 1.88 bits per heavy atom. The van der Waals surface area contributed by atoms with Gasteiger partial charge < -0.3 is 9.47 Å².